The summed E-state index contributed by atoms with van der Waals surface area (Å²) in [5.41, 5.74) is 2.14. The fourth-order valence-corrected chi connectivity index (χ4v) is 3.30. The number of methoxy groups -OCH3 is 1. The molecule has 0 amide bonds. The van der Waals surface area contributed by atoms with E-state index in [0.29, 0.717) is 18.5 Å². The Morgan fingerprint density at radius 1 is 1.17 bits per heavy atom. The topological polar surface area (TPSA) is 94.5 Å². The molecule has 1 heterocycles. The number of hydrogen-bond acceptors (Lipinski definition) is 7. The van der Waals surface area contributed by atoms with Crippen LogP contribution in [-0.2, 0) is 25.5 Å². The zero-order chi connectivity index (χ0) is 21.5. The van der Waals surface area contributed by atoms with Gasteiger partial charge >= 0.3 is 12.1 Å². The number of benzene rings is 2. The molecule has 0 saturated carbocycles. The van der Waals surface area contributed by atoms with Gasteiger partial charge in [-0.05, 0) is 35.7 Å². The van der Waals surface area contributed by atoms with E-state index in [1.54, 1.807) is 0 Å². The number of carbonyl (C=O) groups excluding carboxylic acids is 1. The molecule has 1 atom stereocenters. The minimum Gasteiger partial charge on any atom is -0.482 e. The molecule has 0 aliphatic carbocycles. The van der Waals surface area contributed by atoms with Gasteiger partial charge in [-0.15, -0.1) is 5.06 Å². The molecule has 3 rings (SSSR count). The summed E-state index contributed by atoms with van der Waals surface area (Å²) < 4.78 is 29.3. The predicted molar refractivity (Wildman–Crippen MR) is 103 cm³/mol. The smallest absolute Gasteiger partial charge is 0.482 e. The third-order valence-corrected chi connectivity index (χ3v) is 4.56. The van der Waals surface area contributed by atoms with Gasteiger partial charge < -0.3 is 24.2 Å². The highest BCUT2D eigenvalue weighted by Gasteiger charge is 2.34. The first-order valence-corrected chi connectivity index (χ1v) is 9.31. The van der Waals surface area contributed by atoms with Gasteiger partial charge in [-0.1, -0.05) is 24.3 Å². The number of hydrogen-bond donors (Lipinski definition) is 1. The third kappa shape index (κ3) is 5.25. The average molecular weight is 419 g/mol. The van der Waals surface area contributed by atoms with Crippen LogP contribution in [-0.4, -0.2) is 55.8 Å². The van der Waals surface area contributed by atoms with Crippen LogP contribution in [0.4, 0.5) is 9.18 Å². The summed E-state index contributed by atoms with van der Waals surface area (Å²) in [5, 5.41) is 10.3. The maximum Gasteiger partial charge on any atom is 0.528 e. The SMILES string of the molecule is COCCOC(=O)ON1CCc2ccccc2C1c1cc(F)ccc1OCC(=O)O. The van der Waals surface area contributed by atoms with Crippen molar-refractivity contribution in [1.29, 1.82) is 0 Å². The van der Waals surface area contributed by atoms with Gasteiger partial charge in [0.2, 0.25) is 0 Å². The van der Waals surface area contributed by atoms with E-state index in [0.717, 1.165) is 11.1 Å². The highest BCUT2D eigenvalue weighted by Crippen LogP contribution is 2.39. The maximum absolute atomic E-state index is 14.1. The molecule has 1 N–H and O–H groups in total. The normalized spacial score (nSPS) is 15.9. The van der Waals surface area contributed by atoms with Crippen molar-refractivity contribution in [3.8, 4) is 5.75 Å². The number of carboxylic acid groups (broad SMARTS) is 1. The fourth-order valence-electron chi connectivity index (χ4n) is 3.30. The van der Waals surface area contributed by atoms with Crippen molar-refractivity contribution in [3.63, 3.8) is 0 Å². The minimum atomic E-state index is -1.16. The molecular weight excluding hydrogens is 397 g/mol. The zero-order valence-electron chi connectivity index (χ0n) is 16.4. The number of fused-ring (bicyclic) bond motifs is 1. The van der Waals surface area contributed by atoms with E-state index in [4.69, 9.17) is 24.2 Å². The van der Waals surface area contributed by atoms with Crippen molar-refractivity contribution < 1.29 is 38.1 Å². The van der Waals surface area contributed by atoms with Gasteiger partial charge in [-0.3, -0.25) is 0 Å². The molecule has 0 saturated heterocycles. The zero-order valence-corrected chi connectivity index (χ0v) is 16.4. The van der Waals surface area contributed by atoms with Gasteiger partial charge in [0.05, 0.1) is 6.61 Å². The number of carboxylic acids is 1. The van der Waals surface area contributed by atoms with E-state index in [9.17, 15) is 14.0 Å². The number of nitrogens with zero attached hydrogens (tertiary/aromatic N) is 1. The molecule has 0 spiro atoms. The Hall–Kier alpha value is -3.17. The second kappa shape index (κ2) is 10.0. The van der Waals surface area contributed by atoms with Crippen molar-refractivity contribution in [2.75, 3.05) is 33.5 Å². The highest BCUT2D eigenvalue weighted by atomic mass is 19.1. The summed E-state index contributed by atoms with van der Waals surface area (Å²) in [5.74, 6) is -1.51. The first-order valence-electron chi connectivity index (χ1n) is 9.31. The Morgan fingerprint density at radius 2 is 1.97 bits per heavy atom. The first kappa shape index (κ1) is 21.5. The fraction of sp³-hybridized carbons (Fsp3) is 0.333. The third-order valence-electron chi connectivity index (χ3n) is 4.56. The van der Waals surface area contributed by atoms with Crippen LogP contribution in [0.15, 0.2) is 42.5 Å². The quantitative estimate of drug-likeness (QED) is 0.516. The molecule has 0 radical (unpaired) electrons. The Kier molecular flexibility index (Phi) is 7.21. The molecular formula is C21H22FNO7. The van der Waals surface area contributed by atoms with E-state index < -0.39 is 30.6 Å². The molecule has 0 aromatic heterocycles. The molecule has 30 heavy (non-hydrogen) atoms. The summed E-state index contributed by atoms with van der Waals surface area (Å²) in [6, 6.07) is 10.6. The first-order chi connectivity index (χ1) is 14.5. The number of hydroxylamine groups is 2. The van der Waals surface area contributed by atoms with Gasteiger partial charge in [0, 0.05) is 19.2 Å². The lowest BCUT2D eigenvalue weighted by molar-refractivity contribution is -0.152. The van der Waals surface area contributed by atoms with Crippen LogP contribution in [0.1, 0.15) is 22.7 Å². The van der Waals surface area contributed by atoms with Crippen LogP contribution in [0.25, 0.3) is 0 Å². The van der Waals surface area contributed by atoms with Gasteiger partial charge in [-0.25, -0.2) is 14.0 Å². The molecule has 1 unspecified atom stereocenters. The molecule has 0 bridgehead atoms. The van der Waals surface area contributed by atoms with Crippen molar-refractivity contribution >= 4 is 12.1 Å². The molecule has 1 aliphatic rings. The molecule has 2 aromatic rings. The molecule has 0 fully saturated rings. The second-order valence-electron chi connectivity index (χ2n) is 6.54. The maximum atomic E-state index is 14.1. The van der Waals surface area contributed by atoms with Gasteiger partial charge in [0.1, 0.15) is 24.2 Å². The summed E-state index contributed by atoms with van der Waals surface area (Å²) in [6.07, 6.45) is -0.320. The molecule has 9 heteroatoms. The number of halogens is 1. The van der Waals surface area contributed by atoms with E-state index in [1.165, 1.54) is 30.4 Å². The molecule has 8 nitrogen and oxygen atoms in total. The lowest BCUT2D eigenvalue weighted by Gasteiger charge is -2.36. The minimum absolute atomic E-state index is 0.0252. The van der Waals surface area contributed by atoms with Gasteiger partial charge in [0.25, 0.3) is 0 Å². The van der Waals surface area contributed by atoms with Crippen molar-refractivity contribution in [2.24, 2.45) is 0 Å². The Labute approximate surface area is 172 Å². The van der Waals surface area contributed by atoms with Crippen LogP contribution >= 0.6 is 0 Å². The Bertz CT molecular complexity index is 905. The second-order valence-corrected chi connectivity index (χ2v) is 6.54. The van der Waals surface area contributed by atoms with Crippen LogP contribution < -0.4 is 4.74 Å². The van der Waals surface area contributed by atoms with E-state index in [2.05, 4.69) is 0 Å². The molecule has 160 valence electrons. The van der Waals surface area contributed by atoms with Crippen LogP contribution in [0.5, 0.6) is 5.75 Å². The number of ether oxygens (including phenoxy) is 3. The summed E-state index contributed by atoms with van der Waals surface area (Å²) in [4.78, 5) is 28.5. The largest absolute Gasteiger partial charge is 0.528 e. The number of carbonyl (C=O) groups is 2. The van der Waals surface area contributed by atoms with Crippen molar-refractivity contribution in [1.82, 2.24) is 5.06 Å². The van der Waals surface area contributed by atoms with Crippen LogP contribution in [0.2, 0.25) is 0 Å². The van der Waals surface area contributed by atoms with Gasteiger partial charge in [-0.2, -0.15) is 0 Å². The summed E-state index contributed by atoms with van der Waals surface area (Å²) in [6.45, 7) is -0.0152. The van der Waals surface area contributed by atoms with E-state index >= 15 is 0 Å². The average Bonchev–Trinajstić information content (AvgIpc) is 2.73. The van der Waals surface area contributed by atoms with Crippen LogP contribution in [0.3, 0.4) is 0 Å². The van der Waals surface area contributed by atoms with E-state index in [-0.39, 0.29) is 19.0 Å². The predicted octanol–water partition coefficient (Wildman–Crippen LogP) is 2.95. The van der Waals surface area contributed by atoms with Crippen molar-refractivity contribution in [3.05, 3.63) is 65.0 Å². The van der Waals surface area contributed by atoms with Crippen molar-refractivity contribution in [2.45, 2.75) is 12.5 Å². The standard InChI is InChI=1S/C21H22FNO7/c1-27-10-11-28-21(26)30-23-9-8-14-4-2-3-5-16(14)20(23)17-12-15(22)6-7-18(17)29-13-19(24)25/h2-7,12,20H,8-11,13H2,1H3,(H,24,25). The monoisotopic (exact) mass is 419 g/mol. The lowest BCUT2D eigenvalue weighted by Crippen LogP contribution is -2.38. The number of aliphatic carboxylic acids is 1. The molecule has 1 aliphatic heterocycles. The van der Waals surface area contributed by atoms with Crippen LogP contribution in [0, 0.1) is 5.82 Å². The number of rotatable bonds is 8. The van der Waals surface area contributed by atoms with E-state index in [1.807, 2.05) is 24.3 Å². The Balaban J connectivity index is 1.95. The van der Waals surface area contributed by atoms with Gasteiger partial charge in [0.15, 0.2) is 6.61 Å². The lowest BCUT2D eigenvalue weighted by atomic mass is 9.89. The summed E-state index contributed by atoms with van der Waals surface area (Å²) >= 11 is 0. The highest BCUT2D eigenvalue weighted by molar-refractivity contribution is 5.68. The molecule has 2 aromatic carbocycles. The summed E-state index contributed by atoms with van der Waals surface area (Å²) in [7, 11) is 1.48. The Morgan fingerprint density at radius 3 is 2.73 bits per heavy atom.